The summed E-state index contributed by atoms with van der Waals surface area (Å²) in [5.74, 6) is 2.96. The molecule has 12 heavy (non-hydrogen) atoms. The van der Waals surface area contributed by atoms with E-state index in [1.165, 1.54) is 19.3 Å². The average molecular weight is 168 g/mol. The van der Waals surface area contributed by atoms with Gasteiger partial charge in [-0.25, -0.2) is 0 Å². The first kappa shape index (κ1) is 10.1. The molecule has 1 fully saturated rings. The summed E-state index contributed by atoms with van der Waals surface area (Å²) in [6.45, 7) is 11.9. The third kappa shape index (κ3) is 1.84. The van der Waals surface area contributed by atoms with Gasteiger partial charge in [-0.05, 0) is 36.0 Å². The fourth-order valence-electron chi connectivity index (χ4n) is 2.58. The highest BCUT2D eigenvalue weighted by molar-refractivity contribution is 4.90. The van der Waals surface area contributed by atoms with Gasteiger partial charge in [-0.15, -0.1) is 0 Å². The van der Waals surface area contributed by atoms with Gasteiger partial charge in [-0.2, -0.15) is 0 Å². The van der Waals surface area contributed by atoms with E-state index in [0.717, 1.165) is 17.8 Å². The van der Waals surface area contributed by atoms with Crippen LogP contribution < -0.4 is 0 Å². The molecule has 1 saturated carbocycles. The van der Waals surface area contributed by atoms with E-state index in [4.69, 9.17) is 0 Å². The van der Waals surface area contributed by atoms with Gasteiger partial charge in [0.05, 0.1) is 0 Å². The Morgan fingerprint density at radius 3 is 2.08 bits per heavy atom. The van der Waals surface area contributed by atoms with Crippen LogP contribution in [-0.4, -0.2) is 0 Å². The molecule has 0 aliphatic heterocycles. The second-order valence-electron chi connectivity index (χ2n) is 5.60. The van der Waals surface area contributed by atoms with Gasteiger partial charge in [0, 0.05) is 0 Å². The summed E-state index contributed by atoms with van der Waals surface area (Å²) in [5.41, 5.74) is 0.548. The molecule has 1 aliphatic rings. The maximum atomic E-state index is 2.42. The largest absolute Gasteiger partial charge is 0.0651 e. The lowest BCUT2D eigenvalue weighted by atomic mass is 9.57. The summed E-state index contributed by atoms with van der Waals surface area (Å²) in [7, 11) is 0. The monoisotopic (exact) mass is 168 g/mol. The molecule has 0 saturated heterocycles. The molecule has 0 aromatic carbocycles. The van der Waals surface area contributed by atoms with Crippen molar-refractivity contribution in [2.75, 3.05) is 0 Å². The topological polar surface area (TPSA) is 0 Å². The van der Waals surface area contributed by atoms with Gasteiger partial charge in [0.25, 0.3) is 0 Å². The zero-order valence-corrected chi connectivity index (χ0v) is 9.35. The summed E-state index contributed by atoms with van der Waals surface area (Å²) in [5, 5.41) is 0. The van der Waals surface area contributed by atoms with Crippen LogP contribution in [0.4, 0.5) is 0 Å². The van der Waals surface area contributed by atoms with Crippen molar-refractivity contribution in [3.63, 3.8) is 0 Å². The quantitative estimate of drug-likeness (QED) is 0.582. The Bertz CT molecular complexity index is 141. The first-order valence-corrected chi connectivity index (χ1v) is 5.46. The molecule has 0 heterocycles. The van der Waals surface area contributed by atoms with Crippen molar-refractivity contribution in [2.24, 2.45) is 23.2 Å². The summed E-state index contributed by atoms with van der Waals surface area (Å²) in [6.07, 6.45) is 4.31. The Labute approximate surface area is 77.7 Å². The minimum absolute atomic E-state index is 0.548. The maximum Gasteiger partial charge on any atom is -0.0334 e. The molecule has 72 valence electrons. The first-order chi connectivity index (χ1) is 5.46. The lowest BCUT2D eigenvalue weighted by molar-refractivity contribution is 0.0186. The summed E-state index contributed by atoms with van der Waals surface area (Å²) < 4.78 is 0. The molecule has 0 aromatic heterocycles. The van der Waals surface area contributed by atoms with Crippen LogP contribution >= 0.6 is 0 Å². The Kier molecular flexibility index (Phi) is 2.85. The van der Waals surface area contributed by atoms with E-state index in [1.807, 2.05) is 0 Å². The molecule has 0 nitrogen and oxygen atoms in total. The lowest BCUT2D eigenvalue weighted by Crippen LogP contribution is -2.39. The van der Waals surface area contributed by atoms with Crippen molar-refractivity contribution in [1.82, 2.24) is 0 Å². The molecule has 1 aliphatic carbocycles. The van der Waals surface area contributed by atoms with Gasteiger partial charge in [0.15, 0.2) is 0 Å². The molecular formula is C12H24. The van der Waals surface area contributed by atoms with Crippen LogP contribution in [0.25, 0.3) is 0 Å². The van der Waals surface area contributed by atoms with Crippen LogP contribution in [0.15, 0.2) is 0 Å². The van der Waals surface area contributed by atoms with Crippen LogP contribution in [-0.2, 0) is 0 Å². The first-order valence-electron chi connectivity index (χ1n) is 5.46. The van der Waals surface area contributed by atoms with E-state index < -0.39 is 0 Å². The van der Waals surface area contributed by atoms with E-state index in [2.05, 4.69) is 34.6 Å². The summed E-state index contributed by atoms with van der Waals surface area (Å²) >= 11 is 0. The third-order valence-corrected chi connectivity index (χ3v) is 3.82. The van der Waals surface area contributed by atoms with Crippen molar-refractivity contribution in [2.45, 2.75) is 53.9 Å². The zero-order valence-electron chi connectivity index (χ0n) is 9.35. The van der Waals surface area contributed by atoms with Gasteiger partial charge in [-0.1, -0.05) is 41.0 Å². The number of rotatable bonds is 2. The van der Waals surface area contributed by atoms with Crippen molar-refractivity contribution < 1.29 is 0 Å². The summed E-state index contributed by atoms with van der Waals surface area (Å²) in [6, 6.07) is 0. The smallest absolute Gasteiger partial charge is 0.0334 e. The molecule has 1 rings (SSSR count). The highest BCUT2D eigenvalue weighted by Gasteiger charge is 2.40. The second-order valence-corrected chi connectivity index (χ2v) is 5.60. The van der Waals surface area contributed by atoms with Crippen LogP contribution in [0, 0.1) is 23.2 Å². The molecule has 0 aromatic rings. The van der Waals surface area contributed by atoms with Crippen molar-refractivity contribution in [3.8, 4) is 0 Å². The average Bonchev–Trinajstić information content (AvgIpc) is 1.80. The van der Waals surface area contributed by atoms with Crippen LogP contribution in [0.5, 0.6) is 0 Å². The standard InChI is InChI=1S/C12H24/c1-6-9(2)10-7-8-11(10)12(3,4)5/h9-11H,6-8H2,1-5H3. The molecule has 0 spiro atoms. The van der Waals surface area contributed by atoms with Gasteiger partial charge in [-0.3, -0.25) is 0 Å². The Morgan fingerprint density at radius 1 is 1.25 bits per heavy atom. The molecular weight excluding hydrogens is 144 g/mol. The summed E-state index contributed by atoms with van der Waals surface area (Å²) in [4.78, 5) is 0. The number of hydrogen-bond acceptors (Lipinski definition) is 0. The molecule has 3 unspecified atom stereocenters. The Hall–Kier alpha value is 0. The molecule has 0 heteroatoms. The van der Waals surface area contributed by atoms with Gasteiger partial charge >= 0.3 is 0 Å². The van der Waals surface area contributed by atoms with Crippen LogP contribution in [0.2, 0.25) is 0 Å². The van der Waals surface area contributed by atoms with E-state index in [1.54, 1.807) is 0 Å². The predicted octanol–water partition coefficient (Wildman–Crippen LogP) is 4.10. The molecule has 0 amide bonds. The van der Waals surface area contributed by atoms with E-state index in [-0.39, 0.29) is 0 Å². The predicted molar refractivity (Wildman–Crippen MR) is 55.1 cm³/mol. The second kappa shape index (κ2) is 3.40. The van der Waals surface area contributed by atoms with Crippen LogP contribution in [0.3, 0.4) is 0 Å². The minimum atomic E-state index is 0.548. The molecule has 0 N–H and O–H groups in total. The van der Waals surface area contributed by atoms with Crippen LogP contribution in [0.1, 0.15) is 53.9 Å². The third-order valence-electron chi connectivity index (χ3n) is 3.82. The van der Waals surface area contributed by atoms with Crippen molar-refractivity contribution in [3.05, 3.63) is 0 Å². The Balaban J connectivity index is 2.49. The lowest BCUT2D eigenvalue weighted by Gasteiger charge is -2.48. The SMILES string of the molecule is CCC(C)C1CCC1C(C)(C)C. The minimum Gasteiger partial charge on any atom is -0.0651 e. The maximum absolute atomic E-state index is 2.42. The fraction of sp³-hybridized carbons (Fsp3) is 1.00. The highest BCUT2D eigenvalue weighted by Crippen LogP contribution is 2.49. The Morgan fingerprint density at radius 2 is 1.83 bits per heavy atom. The van der Waals surface area contributed by atoms with Gasteiger partial charge in [0.2, 0.25) is 0 Å². The van der Waals surface area contributed by atoms with Gasteiger partial charge < -0.3 is 0 Å². The van der Waals surface area contributed by atoms with Crippen molar-refractivity contribution >= 4 is 0 Å². The van der Waals surface area contributed by atoms with E-state index in [9.17, 15) is 0 Å². The highest BCUT2D eigenvalue weighted by atomic mass is 14.5. The zero-order chi connectivity index (χ0) is 9.35. The van der Waals surface area contributed by atoms with E-state index in [0.29, 0.717) is 5.41 Å². The fourth-order valence-corrected chi connectivity index (χ4v) is 2.58. The molecule has 0 bridgehead atoms. The van der Waals surface area contributed by atoms with Gasteiger partial charge in [0.1, 0.15) is 0 Å². The molecule has 3 atom stereocenters. The van der Waals surface area contributed by atoms with Crippen molar-refractivity contribution in [1.29, 1.82) is 0 Å². The number of hydrogen-bond donors (Lipinski definition) is 0. The van der Waals surface area contributed by atoms with E-state index >= 15 is 0 Å². The molecule has 0 radical (unpaired) electrons. The normalized spacial score (nSPS) is 32.8.